The molecule has 14 heavy (non-hydrogen) atoms. The van der Waals surface area contributed by atoms with Gasteiger partial charge in [-0.25, -0.2) is 0 Å². The molecule has 2 N–H and O–H groups in total. The highest BCUT2D eigenvalue weighted by atomic mass is 14.5. The predicted octanol–water partition coefficient (Wildman–Crippen LogP) is 3.73. The summed E-state index contributed by atoms with van der Waals surface area (Å²) >= 11 is 0. The van der Waals surface area contributed by atoms with E-state index in [9.17, 15) is 0 Å². The van der Waals surface area contributed by atoms with E-state index < -0.39 is 0 Å². The van der Waals surface area contributed by atoms with Crippen molar-refractivity contribution in [1.82, 2.24) is 0 Å². The first-order valence-corrected chi connectivity index (χ1v) is 4.86. The summed E-state index contributed by atoms with van der Waals surface area (Å²) in [5.41, 5.74) is 10.2. The molecule has 0 fully saturated rings. The molecule has 0 atom stereocenters. The van der Waals surface area contributed by atoms with Gasteiger partial charge in [-0.3, -0.25) is 0 Å². The lowest BCUT2D eigenvalue weighted by molar-refractivity contribution is 1.11. The van der Waals surface area contributed by atoms with Gasteiger partial charge in [0.2, 0.25) is 0 Å². The monoisotopic (exact) mass is 187 g/mol. The molecule has 1 aromatic rings. The third kappa shape index (κ3) is 2.49. The molecule has 0 aliphatic carbocycles. The Balaban J connectivity index is 3.17. The van der Waals surface area contributed by atoms with Gasteiger partial charge in [-0.1, -0.05) is 37.3 Å². The largest absolute Gasteiger partial charge is 0.399 e. The molecule has 0 aliphatic rings. The first-order valence-electron chi connectivity index (χ1n) is 4.86. The smallest absolute Gasteiger partial charge is 0.0320 e. The summed E-state index contributed by atoms with van der Waals surface area (Å²) in [5.74, 6) is 0. The lowest BCUT2D eigenvalue weighted by Gasteiger charge is -2.04. The van der Waals surface area contributed by atoms with E-state index >= 15 is 0 Å². The molecule has 1 nitrogen and oxygen atoms in total. The number of allylic oxidation sites excluding steroid dienone is 1. The van der Waals surface area contributed by atoms with Crippen molar-refractivity contribution < 1.29 is 0 Å². The van der Waals surface area contributed by atoms with E-state index in [2.05, 4.69) is 26.5 Å². The van der Waals surface area contributed by atoms with E-state index in [1.165, 1.54) is 5.57 Å². The van der Waals surface area contributed by atoms with E-state index in [1.54, 1.807) is 0 Å². The number of hydrogen-bond acceptors (Lipinski definition) is 1. The molecule has 0 aromatic heterocycles. The van der Waals surface area contributed by atoms with Crippen molar-refractivity contribution in [2.45, 2.75) is 20.3 Å². The van der Waals surface area contributed by atoms with Crippen LogP contribution in [0.2, 0.25) is 0 Å². The molecule has 74 valence electrons. The lowest BCUT2D eigenvalue weighted by atomic mass is 10.0. The van der Waals surface area contributed by atoms with Gasteiger partial charge >= 0.3 is 0 Å². The lowest BCUT2D eigenvalue weighted by Crippen LogP contribution is -1.88. The highest BCUT2D eigenvalue weighted by Gasteiger charge is 1.97. The molecule has 1 aromatic carbocycles. The molecular formula is C13H17N. The van der Waals surface area contributed by atoms with Gasteiger partial charge in [0.15, 0.2) is 0 Å². The first kappa shape index (κ1) is 10.6. The van der Waals surface area contributed by atoms with Crippen LogP contribution >= 0.6 is 0 Å². The van der Waals surface area contributed by atoms with Crippen molar-refractivity contribution in [3.63, 3.8) is 0 Å². The third-order valence-electron chi connectivity index (χ3n) is 2.29. The molecule has 0 amide bonds. The van der Waals surface area contributed by atoms with Crippen LogP contribution in [0.3, 0.4) is 0 Å². The van der Waals surface area contributed by atoms with E-state index in [0.717, 1.165) is 23.2 Å². The summed E-state index contributed by atoms with van der Waals surface area (Å²) in [5, 5.41) is 0. The van der Waals surface area contributed by atoms with Gasteiger partial charge in [0, 0.05) is 5.69 Å². The van der Waals surface area contributed by atoms with Gasteiger partial charge in [0.25, 0.3) is 0 Å². The molecule has 0 bridgehead atoms. The second-order valence-electron chi connectivity index (χ2n) is 3.44. The SMILES string of the molecule is C=Cc1ccc(N)cc1/C=C(\C)CC. The average Bonchev–Trinajstić information content (AvgIpc) is 2.18. The molecule has 0 saturated carbocycles. The summed E-state index contributed by atoms with van der Waals surface area (Å²) in [4.78, 5) is 0. The molecule has 0 aliphatic heterocycles. The van der Waals surface area contributed by atoms with Crippen molar-refractivity contribution in [3.8, 4) is 0 Å². The average molecular weight is 187 g/mol. The Kier molecular flexibility index (Phi) is 3.52. The van der Waals surface area contributed by atoms with Crippen molar-refractivity contribution in [1.29, 1.82) is 0 Å². The Morgan fingerprint density at radius 1 is 1.43 bits per heavy atom. The van der Waals surface area contributed by atoms with Gasteiger partial charge in [0.05, 0.1) is 0 Å². The van der Waals surface area contributed by atoms with E-state index in [0.29, 0.717) is 0 Å². The molecule has 1 rings (SSSR count). The first-order chi connectivity index (χ1) is 6.67. The molecule has 0 radical (unpaired) electrons. The standard InChI is InChI=1S/C13H17N/c1-4-10(3)8-12-9-13(14)7-6-11(12)5-2/h5-9H,2,4,14H2,1,3H3/b10-8+. The zero-order chi connectivity index (χ0) is 10.6. The van der Waals surface area contributed by atoms with Crippen molar-refractivity contribution in [2.24, 2.45) is 0 Å². The van der Waals surface area contributed by atoms with Crippen LogP contribution in [0, 0.1) is 0 Å². The second-order valence-corrected chi connectivity index (χ2v) is 3.44. The van der Waals surface area contributed by atoms with Crippen LogP contribution in [0.15, 0.2) is 30.4 Å². The molecular weight excluding hydrogens is 170 g/mol. The van der Waals surface area contributed by atoms with E-state index in [4.69, 9.17) is 5.73 Å². The van der Waals surface area contributed by atoms with E-state index in [-0.39, 0.29) is 0 Å². The maximum absolute atomic E-state index is 5.74. The zero-order valence-corrected chi connectivity index (χ0v) is 8.88. The minimum absolute atomic E-state index is 0.797. The van der Waals surface area contributed by atoms with Crippen LogP contribution in [0.5, 0.6) is 0 Å². The number of nitrogen functional groups attached to an aromatic ring is 1. The summed E-state index contributed by atoms with van der Waals surface area (Å²) in [6.45, 7) is 8.05. The van der Waals surface area contributed by atoms with Crippen LogP contribution < -0.4 is 5.73 Å². The van der Waals surface area contributed by atoms with Crippen molar-refractivity contribution in [3.05, 3.63) is 41.5 Å². The Labute approximate surface area is 85.9 Å². The summed E-state index contributed by atoms with van der Waals surface area (Å²) in [6.07, 6.45) is 5.08. The normalized spacial score (nSPS) is 11.4. The van der Waals surface area contributed by atoms with Gasteiger partial charge < -0.3 is 5.73 Å². The number of nitrogens with two attached hydrogens (primary N) is 1. The van der Waals surface area contributed by atoms with Gasteiger partial charge in [-0.15, -0.1) is 0 Å². The number of rotatable bonds is 3. The maximum Gasteiger partial charge on any atom is 0.0320 e. The van der Waals surface area contributed by atoms with E-state index in [1.807, 2.05) is 24.3 Å². The summed E-state index contributed by atoms with van der Waals surface area (Å²) in [7, 11) is 0. The van der Waals surface area contributed by atoms with Crippen LogP contribution in [0.1, 0.15) is 31.4 Å². The maximum atomic E-state index is 5.74. The molecule has 0 unspecified atom stereocenters. The third-order valence-corrected chi connectivity index (χ3v) is 2.29. The Morgan fingerprint density at radius 3 is 2.71 bits per heavy atom. The summed E-state index contributed by atoms with van der Waals surface area (Å²) in [6, 6.07) is 5.88. The van der Waals surface area contributed by atoms with Crippen LogP contribution in [0.4, 0.5) is 5.69 Å². The number of hydrogen-bond donors (Lipinski definition) is 1. The van der Waals surface area contributed by atoms with Crippen LogP contribution in [-0.2, 0) is 0 Å². The van der Waals surface area contributed by atoms with Gasteiger partial charge in [-0.05, 0) is 36.6 Å². The quantitative estimate of drug-likeness (QED) is 0.717. The Bertz CT molecular complexity index is 361. The molecule has 0 heterocycles. The highest BCUT2D eigenvalue weighted by molar-refractivity contribution is 5.68. The molecule has 1 heteroatoms. The zero-order valence-electron chi connectivity index (χ0n) is 8.88. The molecule has 0 saturated heterocycles. The minimum atomic E-state index is 0.797. The van der Waals surface area contributed by atoms with Crippen molar-refractivity contribution >= 4 is 17.8 Å². The topological polar surface area (TPSA) is 26.0 Å². The Hall–Kier alpha value is -1.50. The number of anilines is 1. The van der Waals surface area contributed by atoms with Crippen molar-refractivity contribution in [2.75, 3.05) is 5.73 Å². The Morgan fingerprint density at radius 2 is 2.14 bits per heavy atom. The van der Waals surface area contributed by atoms with Gasteiger partial charge in [-0.2, -0.15) is 0 Å². The van der Waals surface area contributed by atoms with Gasteiger partial charge in [0.1, 0.15) is 0 Å². The predicted molar refractivity (Wildman–Crippen MR) is 64.9 cm³/mol. The van der Waals surface area contributed by atoms with Crippen LogP contribution in [-0.4, -0.2) is 0 Å². The fraction of sp³-hybridized carbons (Fsp3) is 0.231. The highest BCUT2D eigenvalue weighted by Crippen LogP contribution is 2.18. The molecule has 0 spiro atoms. The second kappa shape index (κ2) is 4.66. The minimum Gasteiger partial charge on any atom is -0.399 e. The number of benzene rings is 1. The summed E-state index contributed by atoms with van der Waals surface area (Å²) < 4.78 is 0. The fourth-order valence-electron chi connectivity index (χ4n) is 1.27. The fourth-order valence-corrected chi connectivity index (χ4v) is 1.27. The van der Waals surface area contributed by atoms with Crippen LogP contribution in [0.25, 0.3) is 12.2 Å².